The fraction of sp³-hybridized carbons (Fsp3) is 0.467. The zero-order chi connectivity index (χ0) is 31.5. The number of anilines is 2. The molecule has 44 heavy (non-hydrogen) atoms. The van der Waals surface area contributed by atoms with E-state index >= 15 is 0 Å². The molecule has 1 saturated carbocycles. The van der Waals surface area contributed by atoms with E-state index in [4.69, 9.17) is 4.52 Å². The summed E-state index contributed by atoms with van der Waals surface area (Å²) in [4.78, 5) is 18.7. The van der Waals surface area contributed by atoms with Crippen molar-refractivity contribution in [2.75, 3.05) is 23.7 Å². The van der Waals surface area contributed by atoms with E-state index in [1.165, 1.54) is 12.3 Å². The summed E-state index contributed by atoms with van der Waals surface area (Å²) in [5.41, 5.74) is -0.898. The number of piperidine rings is 1. The molecule has 1 aromatic heterocycles. The minimum atomic E-state index is -4.75. The second kappa shape index (κ2) is 12.9. The van der Waals surface area contributed by atoms with Crippen molar-refractivity contribution in [2.45, 2.75) is 75.5 Å². The number of rotatable bonds is 7. The lowest BCUT2D eigenvalue weighted by Gasteiger charge is -2.39. The molecule has 5 rings (SSSR count). The van der Waals surface area contributed by atoms with Gasteiger partial charge in [-0.25, -0.2) is 13.6 Å². The van der Waals surface area contributed by atoms with Crippen LogP contribution < -0.4 is 20.4 Å². The van der Waals surface area contributed by atoms with E-state index in [0.29, 0.717) is 18.7 Å². The molecule has 0 bridgehead atoms. The van der Waals surface area contributed by atoms with Gasteiger partial charge in [-0.1, -0.05) is 37.3 Å². The molecule has 9 nitrogen and oxygen atoms in total. The van der Waals surface area contributed by atoms with Crippen LogP contribution in [0.4, 0.5) is 44.0 Å². The maximum Gasteiger partial charge on any atom is 0.416 e. The monoisotopic (exact) mass is 620 g/mol. The highest BCUT2D eigenvalue weighted by atomic mass is 19.4. The lowest BCUT2D eigenvalue weighted by atomic mass is 9.89. The normalized spacial score (nSPS) is 21.9. The standard InChI is InChI=1S/C30H33F5N6O3/c1-19(20-5-3-2-4-6-20)27(42)36-22-15-21(30(33,34)35)16-23(17-22)37-28(43)38-26-18-41(39-44-26)25-9-7-24(8-10-25)40-13-11-29(31,32)12-14-40/h2-6,15-19,24-25H,7-14H2,1H3,(H2-,36,37,38,39,42,43)/t19-,24?,25?/m0/s1. The maximum atomic E-state index is 13.6. The SMILES string of the molecule is C[C@H](C([O-])=Nc1cc(NC(=O)Nc2c[n+](C3CCC(N4CCC(F)(F)CC4)CC3)no2)cc(C(F)(F)F)c1)c1ccccc1. The number of amides is 2. The summed E-state index contributed by atoms with van der Waals surface area (Å²) in [6.45, 7) is 2.37. The van der Waals surface area contributed by atoms with Crippen molar-refractivity contribution in [2.24, 2.45) is 4.99 Å². The first kappa shape index (κ1) is 31.4. The molecular formula is C30H33F5N6O3. The second-order valence-corrected chi connectivity index (χ2v) is 11.3. The summed E-state index contributed by atoms with van der Waals surface area (Å²) in [5.74, 6) is -3.93. The first-order valence-electron chi connectivity index (χ1n) is 14.5. The fourth-order valence-electron chi connectivity index (χ4n) is 5.68. The number of nitrogens with zero attached hydrogens (tertiary/aromatic N) is 4. The molecule has 0 unspecified atom stereocenters. The predicted octanol–water partition coefficient (Wildman–Crippen LogP) is 6.03. The van der Waals surface area contributed by atoms with E-state index in [0.717, 1.165) is 37.8 Å². The Morgan fingerprint density at radius 1 is 1.09 bits per heavy atom. The number of nitrogens with one attached hydrogen (secondary N) is 2. The number of likely N-dealkylation sites (tertiary alicyclic amines) is 1. The minimum absolute atomic E-state index is 0.0108. The Hall–Kier alpha value is -4.07. The van der Waals surface area contributed by atoms with Gasteiger partial charge in [-0.3, -0.25) is 19.7 Å². The van der Waals surface area contributed by atoms with Crippen LogP contribution in [-0.4, -0.2) is 47.2 Å². The predicted molar refractivity (Wildman–Crippen MR) is 150 cm³/mol. The van der Waals surface area contributed by atoms with Crippen molar-refractivity contribution < 1.29 is 41.1 Å². The van der Waals surface area contributed by atoms with Crippen LogP contribution in [0.15, 0.2) is 64.2 Å². The minimum Gasteiger partial charge on any atom is -0.861 e. The zero-order valence-corrected chi connectivity index (χ0v) is 24.0. The summed E-state index contributed by atoms with van der Waals surface area (Å²) < 4.78 is 74.7. The van der Waals surface area contributed by atoms with Gasteiger partial charge >= 0.3 is 18.1 Å². The largest absolute Gasteiger partial charge is 0.861 e. The van der Waals surface area contributed by atoms with Gasteiger partial charge in [0.05, 0.1) is 11.3 Å². The summed E-state index contributed by atoms with van der Waals surface area (Å²) in [7, 11) is 0. The van der Waals surface area contributed by atoms with Crippen molar-refractivity contribution in [1.29, 1.82) is 0 Å². The molecule has 1 saturated heterocycles. The third kappa shape index (κ3) is 7.90. The van der Waals surface area contributed by atoms with Gasteiger partial charge in [-0.15, -0.1) is 0 Å². The maximum absolute atomic E-state index is 13.6. The third-order valence-electron chi connectivity index (χ3n) is 8.22. The Morgan fingerprint density at radius 2 is 1.77 bits per heavy atom. The molecule has 2 fully saturated rings. The Labute approximate surface area is 250 Å². The van der Waals surface area contributed by atoms with Crippen LogP contribution in [0.2, 0.25) is 0 Å². The highest BCUT2D eigenvalue weighted by Crippen LogP contribution is 2.36. The highest BCUT2D eigenvalue weighted by molar-refractivity contribution is 5.99. The van der Waals surface area contributed by atoms with E-state index in [1.54, 1.807) is 41.9 Å². The fourth-order valence-corrected chi connectivity index (χ4v) is 5.68. The molecular weight excluding hydrogens is 587 g/mol. The van der Waals surface area contributed by atoms with Crippen LogP contribution in [0.25, 0.3) is 0 Å². The quantitative estimate of drug-likeness (QED) is 0.145. The van der Waals surface area contributed by atoms with Crippen LogP contribution >= 0.6 is 0 Å². The van der Waals surface area contributed by atoms with Crippen LogP contribution in [0.1, 0.15) is 68.5 Å². The Balaban J connectivity index is 1.20. The van der Waals surface area contributed by atoms with Crippen molar-refractivity contribution >= 4 is 29.2 Å². The summed E-state index contributed by atoms with van der Waals surface area (Å²) in [6.07, 6.45) is -0.376. The Kier molecular flexibility index (Phi) is 9.18. The number of aliphatic imine (C=N–C) groups is 1. The lowest BCUT2D eigenvalue weighted by Crippen LogP contribution is -2.49. The number of aromatic nitrogens is 2. The molecule has 236 valence electrons. The summed E-state index contributed by atoms with van der Waals surface area (Å²) in [6, 6.07) is 10.7. The van der Waals surface area contributed by atoms with Gasteiger partial charge in [0, 0.05) is 56.4 Å². The zero-order valence-electron chi connectivity index (χ0n) is 24.0. The Morgan fingerprint density at radius 3 is 2.43 bits per heavy atom. The average Bonchev–Trinajstić information content (AvgIpc) is 3.45. The van der Waals surface area contributed by atoms with Gasteiger partial charge in [0.15, 0.2) is 6.04 Å². The van der Waals surface area contributed by atoms with Crippen LogP contribution in [0, 0.1) is 0 Å². The number of carbonyl (C=O) groups excluding carboxylic acids is 1. The molecule has 0 radical (unpaired) electrons. The number of halogens is 5. The smallest absolute Gasteiger partial charge is 0.416 e. The van der Waals surface area contributed by atoms with Gasteiger partial charge in [0.2, 0.25) is 5.27 Å². The average molecular weight is 621 g/mol. The molecule has 2 heterocycles. The van der Waals surface area contributed by atoms with E-state index in [1.807, 2.05) is 0 Å². The van der Waals surface area contributed by atoms with E-state index in [-0.39, 0.29) is 42.2 Å². The van der Waals surface area contributed by atoms with Gasteiger partial charge in [0.25, 0.3) is 12.1 Å². The van der Waals surface area contributed by atoms with Crippen LogP contribution in [-0.2, 0) is 6.18 Å². The molecule has 2 amide bonds. The number of benzene rings is 2. The number of hydrogen-bond donors (Lipinski definition) is 2. The molecule has 2 aromatic carbocycles. The second-order valence-electron chi connectivity index (χ2n) is 11.3. The molecule has 1 aliphatic carbocycles. The molecule has 1 aliphatic heterocycles. The lowest BCUT2D eigenvalue weighted by molar-refractivity contribution is -0.787. The molecule has 14 heteroatoms. The molecule has 2 aliphatic rings. The number of hydrogen-bond acceptors (Lipinski definition) is 6. The Bertz CT molecular complexity index is 1460. The van der Waals surface area contributed by atoms with E-state index < -0.39 is 35.5 Å². The van der Waals surface area contributed by atoms with Gasteiger partial charge in [-0.05, 0) is 47.2 Å². The van der Waals surface area contributed by atoms with Gasteiger partial charge in [0.1, 0.15) is 0 Å². The first-order chi connectivity index (χ1) is 20.9. The van der Waals surface area contributed by atoms with Gasteiger partial charge < -0.3 is 10.4 Å². The third-order valence-corrected chi connectivity index (χ3v) is 8.22. The number of alkyl halides is 5. The van der Waals surface area contributed by atoms with E-state index in [9.17, 15) is 31.9 Å². The van der Waals surface area contributed by atoms with Crippen molar-refractivity contribution in [3.8, 4) is 0 Å². The van der Waals surface area contributed by atoms with Crippen LogP contribution in [0.3, 0.4) is 0 Å². The van der Waals surface area contributed by atoms with Crippen molar-refractivity contribution in [1.82, 2.24) is 10.2 Å². The van der Waals surface area contributed by atoms with Crippen molar-refractivity contribution in [3.05, 3.63) is 65.9 Å². The van der Waals surface area contributed by atoms with E-state index in [2.05, 4.69) is 25.8 Å². The highest BCUT2D eigenvalue weighted by Gasteiger charge is 2.39. The number of carbonyl (C=O) groups is 1. The molecule has 3 aromatic rings. The first-order valence-corrected chi connectivity index (χ1v) is 14.5. The number of urea groups is 1. The van der Waals surface area contributed by atoms with Crippen LogP contribution in [0.5, 0.6) is 0 Å². The van der Waals surface area contributed by atoms with Gasteiger partial charge in [-0.2, -0.15) is 13.2 Å². The molecule has 1 atom stereocenters. The summed E-state index contributed by atoms with van der Waals surface area (Å²) in [5, 5.41) is 21.4. The summed E-state index contributed by atoms with van der Waals surface area (Å²) >= 11 is 0. The molecule has 0 spiro atoms. The molecule has 2 N–H and O–H groups in total. The topological polar surface area (TPSA) is 110 Å². The van der Waals surface area contributed by atoms with Crippen molar-refractivity contribution in [3.63, 3.8) is 0 Å².